The van der Waals surface area contributed by atoms with Crippen LogP contribution in [-0.4, -0.2) is 33.5 Å². The van der Waals surface area contributed by atoms with E-state index in [0.29, 0.717) is 40.7 Å². The number of hydrogen-bond acceptors (Lipinski definition) is 6. The van der Waals surface area contributed by atoms with Gasteiger partial charge in [-0.1, -0.05) is 42.5 Å². The molecule has 0 saturated heterocycles. The van der Waals surface area contributed by atoms with Crippen molar-refractivity contribution in [1.82, 2.24) is 5.43 Å². The lowest BCUT2D eigenvalue weighted by molar-refractivity contribution is 0.0950. The summed E-state index contributed by atoms with van der Waals surface area (Å²) in [6, 6.07) is 20.2. The summed E-state index contributed by atoms with van der Waals surface area (Å²) in [5.74, 6) is 1.57. The second-order valence-corrected chi connectivity index (χ2v) is 6.43. The predicted octanol–water partition coefficient (Wildman–Crippen LogP) is 4.06. The summed E-state index contributed by atoms with van der Waals surface area (Å²) >= 11 is 0. The minimum atomic E-state index is -0.382. The third-order valence-corrected chi connectivity index (χ3v) is 4.44. The maximum absolute atomic E-state index is 12.6. The van der Waals surface area contributed by atoms with Crippen molar-refractivity contribution >= 4 is 12.1 Å². The third-order valence-electron chi connectivity index (χ3n) is 4.44. The number of para-hydroxylation sites is 1. The zero-order valence-electron chi connectivity index (χ0n) is 17.6. The largest absolute Gasteiger partial charge is 0.493 e. The molecule has 0 atom stereocenters. The summed E-state index contributed by atoms with van der Waals surface area (Å²) in [5.41, 5.74) is 4.60. The zero-order chi connectivity index (χ0) is 22.1. The lowest BCUT2D eigenvalue weighted by atomic mass is 10.2. The van der Waals surface area contributed by atoms with Crippen molar-refractivity contribution in [2.45, 2.75) is 6.61 Å². The molecule has 160 valence electrons. The van der Waals surface area contributed by atoms with Crippen LogP contribution in [0.1, 0.15) is 21.5 Å². The van der Waals surface area contributed by atoms with E-state index < -0.39 is 0 Å². The highest BCUT2D eigenvalue weighted by molar-refractivity contribution is 5.97. The van der Waals surface area contributed by atoms with Crippen molar-refractivity contribution in [3.05, 3.63) is 83.4 Å². The van der Waals surface area contributed by atoms with Crippen molar-refractivity contribution in [1.29, 1.82) is 0 Å². The Morgan fingerprint density at radius 3 is 2.16 bits per heavy atom. The van der Waals surface area contributed by atoms with Gasteiger partial charge in [0.05, 0.1) is 33.1 Å². The minimum absolute atomic E-state index is 0.361. The lowest BCUT2D eigenvalue weighted by Gasteiger charge is -2.12. The van der Waals surface area contributed by atoms with Crippen molar-refractivity contribution in [3.8, 4) is 23.0 Å². The third kappa shape index (κ3) is 5.54. The smallest absolute Gasteiger partial charge is 0.275 e. The zero-order valence-corrected chi connectivity index (χ0v) is 17.6. The predicted molar refractivity (Wildman–Crippen MR) is 118 cm³/mol. The van der Waals surface area contributed by atoms with Gasteiger partial charge in [0, 0.05) is 5.56 Å². The van der Waals surface area contributed by atoms with E-state index in [4.69, 9.17) is 18.9 Å². The highest BCUT2D eigenvalue weighted by atomic mass is 16.5. The lowest BCUT2D eigenvalue weighted by Crippen LogP contribution is -2.18. The molecule has 7 nitrogen and oxygen atoms in total. The van der Waals surface area contributed by atoms with Gasteiger partial charge in [-0.3, -0.25) is 4.79 Å². The van der Waals surface area contributed by atoms with Gasteiger partial charge in [0.15, 0.2) is 11.5 Å². The SMILES string of the molecule is COc1cc(/C=N/NC(=O)c2ccccc2OCc2ccccc2)cc(OC)c1OC. The molecule has 3 aromatic carbocycles. The Bertz CT molecular complexity index is 1030. The number of amides is 1. The van der Waals surface area contributed by atoms with E-state index in [2.05, 4.69) is 10.5 Å². The molecule has 0 unspecified atom stereocenters. The van der Waals surface area contributed by atoms with Crippen LogP contribution in [0.2, 0.25) is 0 Å². The molecule has 0 fully saturated rings. The molecule has 0 aliphatic carbocycles. The number of benzene rings is 3. The summed E-state index contributed by atoms with van der Waals surface area (Å²) in [5, 5.41) is 4.05. The van der Waals surface area contributed by atoms with Crippen molar-refractivity contribution in [2.24, 2.45) is 5.10 Å². The number of ether oxygens (including phenoxy) is 4. The van der Waals surface area contributed by atoms with Crippen LogP contribution in [0.4, 0.5) is 0 Å². The number of nitrogens with one attached hydrogen (secondary N) is 1. The van der Waals surface area contributed by atoms with Crippen LogP contribution in [-0.2, 0) is 6.61 Å². The Balaban J connectivity index is 1.70. The Kier molecular flexibility index (Phi) is 7.48. The number of hydrazone groups is 1. The monoisotopic (exact) mass is 420 g/mol. The van der Waals surface area contributed by atoms with E-state index in [9.17, 15) is 4.79 Å². The van der Waals surface area contributed by atoms with E-state index in [0.717, 1.165) is 5.56 Å². The van der Waals surface area contributed by atoms with Crippen molar-refractivity contribution in [2.75, 3.05) is 21.3 Å². The van der Waals surface area contributed by atoms with Crippen molar-refractivity contribution in [3.63, 3.8) is 0 Å². The minimum Gasteiger partial charge on any atom is -0.493 e. The van der Waals surface area contributed by atoms with E-state index in [1.807, 2.05) is 36.4 Å². The molecule has 1 N–H and O–H groups in total. The van der Waals surface area contributed by atoms with Crippen molar-refractivity contribution < 1.29 is 23.7 Å². The Hall–Kier alpha value is -4.00. The van der Waals surface area contributed by atoms with Crippen LogP contribution < -0.4 is 24.4 Å². The second kappa shape index (κ2) is 10.7. The van der Waals surface area contributed by atoms with Gasteiger partial charge < -0.3 is 18.9 Å². The molecule has 3 aromatic rings. The van der Waals surface area contributed by atoms with E-state index in [1.54, 1.807) is 30.3 Å². The Morgan fingerprint density at radius 1 is 0.871 bits per heavy atom. The van der Waals surface area contributed by atoms with Crippen LogP contribution in [0, 0.1) is 0 Å². The van der Waals surface area contributed by atoms with Gasteiger partial charge in [-0.05, 0) is 29.8 Å². The number of hydrogen-bond donors (Lipinski definition) is 1. The maximum atomic E-state index is 12.6. The molecule has 0 heterocycles. The Morgan fingerprint density at radius 2 is 1.52 bits per heavy atom. The van der Waals surface area contributed by atoms with Crippen LogP contribution in [0.3, 0.4) is 0 Å². The molecule has 0 spiro atoms. The molecule has 31 heavy (non-hydrogen) atoms. The van der Waals surface area contributed by atoms with Gasteiger partial charge in [0.25, 0.3) is 5.91 Å². The summed E-state index contributed by atoms with van der Waals surface area (Å²) in [6.45, 7) is 0.361. The molecule has 0 aliphatic heterocycles. The van der Waals surface area contributed by atoms with Gasteiger partial charge >= 0.3 is 0 Å². The van der Waals surface area contributed by atoms with Crippen LogP contribution in [0.5, 0.6) is 23.0 Å². The molecule has 0 saturated carbocycles. The molecule has 0 bridgehead atoms. The molecule has 1 amide bonds. The number of carbonyl (C=O) groups excluding carboxylic acids is 1. The first-order valence-electron chi connectivity index (χ1n) is 9.55. The quantitative estimate of drug-likeness (QED) is 0.417. The number of nitrogens with zero attached hydrogens (tertiary/aromatic N) is 1. The summed E-state index contributed by atoms with van der Waals surface area (Å²) < 4.78 is 21.8. The number of methoxy groups -OCH3 is 3. The fraction of sp³-hybridized carbons (Fsp3) is 0.167. The molecule has 0 aliphatic rings. The summed E-state index contributed by atoms with van der Waals surface area (Å²) in [6.07, 6.45) is 1.50. The Labute approximate surface area is 181 Å². The standard InChI is InChI=1S/C24H24N2O5/c1-28-21-13-18(14-22(29-2)23(21)30-3)15-25-26-24(27)19-11-7-8-12-20(19)31-16-17-9-5-4-6-10-17/h4-15H,16H2,1-3H3,(H,26,27)/b25-15+. The summed E-state index contributed by atoms with van der Waals surface area (Å²) in [4.78, 5) is 12.6. The van der Waals surface area contributed by atoms with Gasteiger partial charge in [-0.15, -0.1) is 0 Å². The van der Waals surface area contributed by atoms with Gasteiger partial charge in [-0.2, -0.15) is 5.10 Å². The van der Waals surface area contributed by atoms with Gasteiger partial charge in [0.2, 0.25) is 5.75 Å². The van der Waals surface area contributed by atoms with E-state index >= 15 is 0 Å². The molecule has 7 heteroatoms. The molecular formula is C24H24N2O5. The van der Waals surface area contributed by atoms with E-state index in [-0.39, 0.29) is 5.91 Å². The number of carbonyl (C=O) groups is 1. The average Bonchev–Trinajstić information content (AvgIpc) is 2.82. The topological polar surface area (TPSA) is 78.4 Å². The maximum Gasteiger partial charge on any atom is 0.275 e. The normalized spacial score (nSPS) is 10.5. The summed E-state index contributed by atoms with van der Waals surface area (Å²) in [7, 11) is 4.60. The van der Waals surface area contributed by atoms with E-state index in [1.165, 1.54) is 27.5 Å². The van der Waals surface area contributed by atoms with Crippen LogP contribution in [0.15, 0.2) is 71.8 Å². The van der Waals surface area contributed by atoms with Gasteiger partial charge in [0.1, 0.15) is 12.4 Å². The molecule has 0 aromatic heterocycles. The molecule has 0 radical (unpaired) electrons. The molecule has 3 rings (SSSR count). The first-order chi connectivity index (χ1) is 15.2. The number of rotatable bonds is 9. The molecular weight excluding hydrogens is 396 g/mol. The highest BCUT2D eigenvalue weighted by Gasteiger charge is 2.13. The van der Waals surface area contributed by atoms with Crippen LogP contribution >= 0.6 is 0 Å². The fourth-order valence-corrected chi connectivity index (χ4v) is 2.92. The first kappa shape index (κ1) is 21.7. The average molecular weight is 420 g/mol. The highest BCUT2D eigenvalue weighted by Crippen LogP contribution is 2.37. The fourth-order valence-electron chi connectivity index (χ4n) is 2.92. The first-order valence-corrected chi connectivity index (χ1v) is 9.55. The van der Waals surface area contributed by atoms with Crippen LogP contribution in [0.25, 0.3) is 0 Å². The second-order valence-electron chi connectivity index (χ2n) is 6.43. The van der Waals surface area contributed by atoms with Gasteiger partial charge in [-0.25, -0.2) is 5.43 Å².